The summed E-state index contributed by atoms with van der Waals surface area (Å²) >= 11 is 0. The third-order valence-corrected chi connectivity index (χ3v) is 2.60. The molecule has 0 bridgehead atoms. The molecule has 0 aromatic heterocycles. The molecule has 1 rings (SSSR count). The lowest BCUT2D eigenvalue weighted by Gasteiger charge is -2.11. The standard InChI is InChI=1S/C12H17NO3/c1-8-5-10(12(14)15-3)6-11(9(8)2)7-13-16-4/h5-6,13H,7H2,1-4H3. The molecule has 0 amide bonds. The van der Waals surface area contributed by atoms with Gasteiger partial charge in [-0.3, -0.25) is 0 Å². The molecule has 0 saturated carbocycles. The summed E-state index contributed by atoms with van der Waals surface area (Å²) in [6, 6.07) is 3.65. The van der Waals surface area contributed by atoms with Crippen molar-refractivity contribution in [2.75, 3.05) is 14.2 Å². The second kappa shape index (κ2) is 5.63. The largest absolute Gasteiger partial charge is 0.465 e. The molecule has 0 aliphatic rings. The minimum atomic E-state index is -0.318. The number of carbonyl (C=O) groups excluding carboxylic acids is 1. The van der Waals surface area contributed by atoms with Crippen molar-refractivity contribution in [3.8, 4) is 0 Å². The van der Waals surface area contributed by atoms with Gasteiger partial charge in [0.1, 0.15) is 0 Å². The second-order valence-electron chi connectivity index (χ2n) is 3.59. The highest BCUT2D eigenvalue weighted by Crippen LogP contribution is 2.17. The zero-order chi connectivity index (χ0) is 12.1. The topological polar surface area (TPSA) is 47.6 Å². The zero-order valence-corrected chi connectivity index (χ0v) is 10.1. The maximum Gasteiger partial charge on any atom is 0.337 e. The normalized spacial score (nSPS) is 10.2. The highest BCUT2D eigenvalue weighted by molar-refractivity contribution is 5.89. The smallest absolute Gasteiger partial charge is 0.337 e. The van der Waals surface area contributed by atoms with Crippen LogP contribution in [0.5, 0.6) is 0 Å². The van der Waals surface area contributed by atoms with Crippen LogP contribution in [-0.4, -0.2) is 20.2 Å². The lowest BCUT2D eigenvalue weighted by atomic mass is 9.99. The maximum atomic E-state index is 11.4. The van der Waals surface area contributed by atoms with E-state index in [-0.39, 0.29) is 5.97 Å². The Balaban J connectivity index is 3.06. The maximum absolute atomic E-state index is 11.4. The van der Waals surface area contributed by atoms with Gasteiger partial charge in [-0.1, -0.05) is 0 Å². The van der Waals surface area contributed by atoms with E-state index in [1.54, 1.807) is 7.11 Å². The number of carbonyl (C=O) groups is 1. The predicted octanol–water partition coefficient (Wildman–Crippen LogP) is 1.74. The van der Waals surface area contributed by atoms with Crippen LogP contribution in [0.25, 0.3) is 0 Å². The van der Waals surface area contributed by atoms with Crippen LogP contribution >= 0.6 is 0 Å². The molecule has 1 aromatic rings. The van der Waals surface area contributed by atoms with E-state index in [1.165, 1.54) is 7.11 Å². The molecule has 0 saturated heterocycles. The van der Waals surface area contributed by atoms with Crippen molar-refractivity contribution in [1.29, 1.82) is 0 Å². The van der Waals surface area contributed by atoms with Gasteiger partial charge in [-0.05, 0) is 42.7 Å². The molecule has 4 heteroatoms. The first kappa shape index (κ1) is 12.7. The Morgan fingerprint density at radius 3 is 2.56 bits per heavy atom. The average molecular weight is 223 g/mol. The lowest BCUT2D eigenvalue weighted by molar-refractivity contribution is 0.0600. The monoisotopic (exact) mass is 223 g/mol. The van der Waals surface area contributed by atoms with Gasteiger partial charge >= 0.3 is 5.97 Å². The molecule has 0 heterocycles. The van der Waals surface area contributed by atoms with Crippen molar-refractivity contribution in [2.45, 2.75) is 20.4 Å². The van der Waals surface area contributed by atoms with Gasteiger partial charge < -0.3 is 9.57 Å². The summed E-state index contributed by atoms with van der Waals surface area (Å²) in [5.41, 5.74) is 6.58. The molecule has 0 atom stereocenters. The van der Waals surface area contributed by atoms with Crippen molar-refractivity contribution < 1.29 is 14.4 Å². The van der Waals surface area contributed by atoms with E-state index in [4.69, 9.17) is 9.57 Å². The lowest BCUT2D eigenvalue weighted by Crippen LogP contribution is -2.13. The van der Waals surface area contributed by atoms with E-state index in [1.807, 2.05) is 26.0 Å². The Morgan fingerprint density at radius 2 is 2.00 bits per heavy atom. The summed E-state index contributed by atoms with van der Waals surface area (Å²) in [5.74, 6) is -0.318. The van der Waals surface area contributed by atoms with Crippen molar-refractivity contribution in [3.05, 3.63) is 34.4 Å². The number of hydrogen-bond acceptors (Lipinski definition) is 4. The predicted molar refractivity (Wildman–Crippen MR) is 61.1 cm³/mol. The van der Waals surface area contributed by atoms with Gasteiger partial charge in [0, 0.05) is 6.54 Å². The van der Waals surface area contributed by atoms with E-state index in [0.29, 0.717) is 12.1 Å². The molecular formula is C12H17NO3. The molecule has 0 fully saturated rings. The SMILES string of the molecule is CONCc1cc(C(=O)OC)cc(C)c1C. The van der Waals surface area contributed by atoms with Gasteiger partial charge in [-0.15, -0.1) is 0 Å². The fraction of sp³-hybridized carbons (Fsp3) is 0.417. The van der Waals surface area contributed by atoms with Gasteiger partial charge in [0.15, 0.2) is 0 Å². The minimum absolute atomic E-state index is 0.318. The van der Waals surface area contributed by atoms with Gasteiger partial charge in [0.05, 0.1) is 19.8 Å². The van der Waals surface area contributed by atoms with E-state index in [0.717, 1.165) is 16.7 Å². The zero-order valence-electron chi connectivity index (χ0n) is 10.1. The van der Waals surface area contributed by atoms with Crippen molar-refractivity contribution >= 4 is 5.97 Å². The number of hydroxylamine groups is 1. The van der Waals surface area contributed by atoms with E-state index < -0.39 is 0 Å². The van der Waals surface area contributed by atoms with Gasteiger partial charge in [0.2, 0.25) is 0 Å². The summed E-state index contributed by atoms with van der Waals surface area (Å²) in [5, 5.41) is 0. The molecule has 1 N–H and O–H groups in total. The number of benzene rings is 1. The second-order valence-corrected chi connectivity index (χ2v) is 3.59. The van der Waals surface area contributed by atoms with Crippen LogP contribution in [0.4, 0.5) is 0 Å². The molecule has 0 radical (unpaired) electrons. The first-order valence-electron chi connectivity index (χ1n) is 5.04. The Bertz CT molecular complexity index is 388. The molecule has 88 valence electrons. The molecular weight excluding hydrogens is 206 g/mol. The van der Waals surface area contributed by atoms with Crippen LogP contribution in [0.1, 0.15) is 27.0 Å². The van der Waals surface area contributed by atoms with Crippen LogP contribution < -0.4 is 5.48 Å². The van der Waals surface area contributed by atoms with Crippen molar-refractivity contribution in [3.63, 3.8) is 0 Å². The highest BCUT2D eigenvalue weighted by Gasteiger charge is 2.10. The van der Waals surface area contributed by atoms with E-state index >= 15 is 0 Å². The van der Waals surface area contributed by atoms with Gasteiger partial charge in [-0.2, -0.15) is 5.48 Å². The fourth-order valence-corrected chi connectivity index (χ4v) is 1.50. The van der Waals surface area contributed by atoms with Crippen LogP contribution in [0.2, 0.25) is 0 Å². The third-order valence-electron chi connectivity index (χ3n) is 2.60. The van der Waals surface area contributed by atoms with Crippen LogP contribution in [0.3, 0.4) is 0 Å². The van der Waals surface area contributed by atoms with E-state index in [9.17, 15) is 4.79 Å². The first-order valence-corrected chi connectivity index (χ1v) is 5.04. The Labute approximate surface area is 95.5 Å². The number of ether oxygens (including phenoxy) is 1. The average Bonchev–Trinajstić information content (AvgIpc) is 2.29. The summed E-state index contributed by atoms with van der Waals surface area (Å²) in [7, 11) is 2.94. The number of rotatable bonds is 4. The number of esters is 1. The Hall–Kier alpha value is -1.39. The summed E-state index contributed by atoms with van der Waals surface area (Å²) < 4.78 is 4.70. The van der Waals surface area contributed by atoms with Crippen LogP contribution in [0.15, 0.2) is 12.1 Å². The van der Waals surface area contributed by atoms with Crippen molar-refractivity contribution in [1.82, 2.24) is 5.48 Å². The van der Waals surface area contributed by atoms with Crippen LogP contribution in [0, 0.1) is 13.8 Å². The van der Waals surface area contributed by atoms with Gasteiger partial charge in [-0.25, -0.2) is 4.79 Å². The molecule has 16 heavy (non-hydrogen) atoms. The number of nitrogens with one attached hydrogen (secondary N) is 1. The summed E-state index contributed by atoms with van der Waals surface area (Å²) in [6.45, 7) is 4.55. The minimum Gasteiger partial charge on any atom is -0.465 e. The third kappa shape index (κ3) is 2.81. The number of aryl methyl sites for hydroxylation is 1. The molecule has 0 unspecified atom stereocenters. The Morgan fingerprint density at radius 1 is 1.31 bits per heavy atom. The summed E-state index contributed by atoms with van der Waals surface area (Å²) in [4.78, 5) is 16.2. The first-order chi connectivity index (χ1) is 7.60. The fourth-order valence-electron chi connectivity index (χ4n) is 1.50. The van der Waals surface area contributed by atoms with Crippen molar-refractivity contribution in [2.24, 2.45) is 0 Å². The Kier molecular flexibility index (Phi) is 4.46. The molecule has 1 aromatic carbocycles. The quantitative estimate of drug-likeness (QED) is 0.624. The molecule has 0 aliphatic heterocycles. The molecule has 0 aliphatic carbocycles. The molecule has 0 spiro atoms. The van der Waals surface area contributed by atoms with Crippen LogP contribution in [-0.2, 0) is 16.1 Å². The molecule has 4 nitrogen and oxygen atoms in total. The van der Waals surface area contributed by atoms with E-state index in [2.05, 4.69) is 5.48 Å². The number of hydrogen-bond donors (Lipinski definition) is 1. The highest BCUT2D eigenvalue weighted by atomic mass is 16.6. The number of methoxy groups -OCH3 is 1. The van der Waals surface area contributed by atoms with Gasteiger partial charge in [0.25, 0.3) is 0 Å². The summed E-state index contributed by atoms with van der Waals surface area (Å²) in [6.07, 6.45) is 0.